The third-order valence-electron chi connectivity index (χ3n) is 2.87. The SMILES string of the molecule is N#Cc1nc(N2CC[C@@H](S(N)(=O)=O)C2)ccc1Cl. The van der Waals surface area contributed by atoms with Crippen LogP contribution in [0.15, 0.2) is 12.1 Å². The average molecular weight is 287 g/mol. The van der Waals surface area contributed by atoms with Gasteiger partial charge in [0, 0.05) is 13.1 Å². The molecule has 1 aromatic rings. The summed E-state index contributed by atoms with van der Waals surface area (Å²) >= 11 is 5.78. The molecular formula is C10H11ClN4O2S. The van der Waals surface area contributed by atoms with Crippen LogP contribution in [0, 0.1) is 11.3 Å². The minimum atomic E-state index is -3.53. The van der Waals surface area contributed by atoms with Crippen molar-refractivity contribution in [3.63, 3.8) is 0 Å². The minimum absolute atomic E-state index is 0.133. The molecule has 1 saturated heterocycles. The number of sulfonamides is 1. The summed E-state index contributed by atoms with van der Waals surface area (Å²) in [5.41, 5.74) is 0.133. The van der Waals surface area contributed by atoms with E-state index in [0.29, 0.717) is 25.3 Å². The van der Waals surface area contributed by atoms with E-state index in [2.05, 4.69) is 4.98 Å². The first-order valence-corrected chi connectivity index (χ1v) is 7.24. The Bertz CT molecular complexity index is 611. The highest BCUT2D eigenvalue weighted by atomic mass is 35.5. The molecule has 0 saturated carbocycles. The normalized spacial score (nSPS) is 19.8. The van der Waals surface area contributed by atoms with Crippen molar-refractivity contribution in [1.82, 2.24) is 4.98 Å². The molecule has 0 unspecified atom stereocenters. The number of nitrogens with two attached hydrogens (primary N) is 1. The number of aromatic nitrogens is 1. The van der Waals surface area contributed by atoms with E-state index in [0.717, 1.165) is 0 Å². The summed E-state index contributed by atoms with van der Waals surface area (Å²) in [6, 6.07) is 5.13. The molecule has 0 bridgehead atoms. The molecule has 1 aliphatic rings. The van der Waals surface area contributed by atoms with Gasteiger partial charge in [0.1, 0.15) is 11.9 Å². The first kappa shape index (κ1) is 13.1. The average Bonchev–Trinajstić information content (AvgIpc) is 2.78. The summed E-state index contributed by atoms with van der Waals surface area (Å²) in [6.07, 6.45) is 0.463. The van der Waals surface area contributed by atoms with Crippen molar-refractivity contribution in [2.75, 3.05) is 18.0 Å². The maximum absolute atomic E-state index is 11.2. The number of primary sulfonamides is 1. The van der Waals surface area contributed by atoms with Crippen molar-refractivity contribution in [2.45, 2.75) is 11.7 Å². The zero-order valence-electron chi connectivity index (χ0n) is 9.38. The number of nitrogens with zero attached hydrogens (tertiary/aromatic N) is 3. The van der Waals surface area contributed by atoms with Gasteiger partial charge in [-0.05, 0) is 18.6 Å². The predicted molar refractivity (Wildman–Crippen MR) is 67.7 cm³/mol. The fraction of sp³-hybridized carbons (Fsp3) is 0.400. The molecule has 0 amide bonds. The largest absolute Gasteiger partial charge is 0.355 e. The van der Waals surface area contributed by atoms with Gasteiger partial charge >= 0.3 is 0 Å². The summed E-state index contributed by atoms with van der Waals surface area (Å²) in [5, 5.41) is 13.6. The molecule has 1 fully saturated rings. The number of halogens is 1. The summed E-state index contributed by atoms with van der Waals surface area (Å²) in [7, 11) is -3.53. The van der Waals surface area contributed by atoms with E-state index in [-0.39, 0.29) is 10.7 Å². The molecule has 0 radical (unpaired) electrons. The zero-order chi connectivity index (χ0) is 13.3. The van der Waals surface area contributed by atoms with Crippen LogP contribution >= 0.6 is 11.6 Å². The number of hydrogen-bond donors (Lipinski definition) is 1. The number of hydrogen-bond acceptors (Lipinski definition) is 5. The number of nitriles is 1. The first-order valence-electron chi connectivity index (χ1n) is 5.25. The van der Waals surface area contributed by atoms with Gasteiger partial charge < -0.3 is 4.90 Å². The Kier molecular flexibility index (Phi) is 3.43. The van der Waals surface area contributed by atoms with Gasteiger partial charge in [0.05, 0.1) is 10.3 Å². The lowest BCUT2D eigenvalue weighted by Gasteiger charge is -2.17. The topological polar surface area (TPSA) is 100 Å². The van der Waals surface area contributed by atoms with Gasteiger partial charge in [-0.15, -0.1) is 0 Å². The van der Waals surface area contributed by atoms with Gasteiger partial charge in [0.15, 0.2) is 5.69 Å². The predicted octanol–water partition coefficient (Wildman–Crippen LogP) is 0.474. The quantitative estimate of drug-likeness (QED) is 0.852. The van der Waals surface area contributed by atoms with Crippen LogP contribution in [0.3, 0.4) is 0 Å². The second-order valence-corrected chi connectivity index (χ2v) is 6.31. The Morgan fingerprint density at radius 3 is 2.83 bits per heavy atom. The van der Waals surface area contributed by atoms with Crippen LogP contribution in [-0.2, 0) is 10.0 Å². The van der Waals surface area contributed by atoms with Crippen molar-refractivity contribution in [1.29, 1.82) is 5.26 Å². The third-order valence-corrected chi connectivity index (χ3v) is 4.49. The maximum Gasteiger partial charge on any atom is 0.213 e. The molecule has 2 heterocycles. The highest BCUT2D eigenvalue weighted by Gasteiger charge is 2.31. The molecule has 1 aliphatic heterocycles. The van der Waals surface area contributed by atoms with Crippen LogP contribution in [0.25, 0.3) is 0 Å². The zero-order valence-corrected chi connectivity index (χ0v) is 10.9. The summed E-state index contributed by atoms with van der Waals surface area (Å²) in [5.74, 6) is 0.544. The van der Waals surface area contributed by atoms with Gasteiger partial charge in [0.2, 0.25) is 10.0 Å². The van der Waals surface area contributed by atoms with Crippen molar-refractivity contribution in [3.05, 3.63) is 22.8 Å². The number of rotatable bonds is 2. The second kappa shape index (κ2) is 4.72. The van der Waals surface area contributed by atoms with E-state index in [1.54, 1.807) is 17.0 Å². The van der Waals surface area contributed by atoms with Crippen molar-refractivity contribution < 1.29 is 8.42 Å². The van der Waals surface area contributed by atoms with Crippen LogP contribution in [0.2, 0.25) is 5.02 Å². The molecule has 18 heavy (non-hydrogen) atoms. The van der Waals surface area contributed by atoms with Crippen molar-refractivity contribution in [2.24, 2.45) is 5.14 Å². The molecule has 6 nitrogen and oxygen atoms in total. The van der Waals surface area contributed by atoms with E-state index in [1.807, 2.05) is 6.07 Å². The number of pyridine rings is 1. The number of anilines is 1. The standard InChI is InChI=1S/C10H11ClN4O2S/c11-8-1-2-10(14-9(8)5-12)15-4-3-7(6-15)18(13,16)17/h1-2,7H,3-4,6H2,(H2,13,16,17)/t7-/m1/s1. The Balaban J connectivity index is 2.23. The molecular weight excluding hydrogens is 276 g/mol. The third kappa shape index (κ3) is 2.56. The Morgan fingerprint density at radius 2 is 2.28 bits per heavy atom. The molecule has 0 aromatic carbocycles. The van der Waals surface area contributed by atoms with E-state index in [4.69, 9.17) is 22.0 Å². The van der Waals surface area contributed by atoms with E-state index in [1.165, 1.54) is 0 Å². The molecule has 8 heteroatoms. The van der Waals surface area contributed by atoms with Crippen molar-refractivity contribution >= 4 is 27.4 Å². The Labute approximate surface area is 110 Å². The minimum Gasteiger partial charge on any atom is -0.355 e. The van der Waals surface area contributed by atoms with Crippen LogP contribution in [-0.4, -0.2) is 31.7 Å². The molecule has 0 aliphatic carbocycles. The van der Waals surface area contributed by atoms with Gasteiger partial charge in [0.25, 0.3) is 0 Å². The lowest BCUT2D eigenvalue weighted by molar-refractivity contribution is 0.585. The van der Waals surface area contributed by atoms with Gasteiger partial charge in [-0.25, -0.2) is 18.5 Å². The fourth-order valence-corrected chi connectivity index (χ4v) is 2.86. The van der Waals surface area contributed by atoms with E-state index < -0.39 is 15.3 Å². The highest BCUT2D eigenvalue weighted by molar-refractivity contribution is 7.89. The second-order valence-electron chi connectivity index (χ2n) is 4.06. The summed E-state index contributed by atoms with van der Waals surface area (Å²) in [4.78, 5) is 5.87. The first-order chi connectivity index (χ1) is 8.41. The molecule has 1 atom stereocenters. The molecule has 0 spiro atoms. The van der Waals surface area contributed by atoms with Crippen molar-refractivity contribution in [3.8, 4) is 6.07 Å². The summed E-state index contributed by atoms with van der Waals surface area (Å²) < 4.78 is 22.5. The monoisotopic (exact) mass is 286 g/mol. The lowest BCUT2D eigenvalue weighted by atomic mass is 10.3. The van der Waals surface area contributed by atoms with Gasteiger partial charge in [-0.2, -0.15) is 5.26 Å². The van der Waals surface area contributed by atoms with Crippen LogP contribution in [0.5, 0.6) is 0 Å². The molecule has 1 aromatic heterocycles. The van der Waals surface area contributed by atoms with Crippen LogP contribution in [0.4, 0.5) is 5.82 Å². The van der Waals surface area contributed by atoms with Crippen LogP contribution < -0.4 is 10.0 Å². The fourth-order valence-electron chi connectivity index (χ4n) is 1.89. The van der Waals surface area contributed by atoms with E-state index >= 15 is 0 Å². The van der Waals surface area contributed by atoms with Gasteiger partial charge in [-0.1, -0.05) is 11.6 Å². The van der Waals surface area contributed by atoms with Gasteiger partial charge in [-0.3, -0.25) is 0 Å². The van der Waals surface area contributed by atoms with Crippen LogP contribution in [0.1, 0.15) is 12.1 Å². The lowest BCUT2D eigenvalue weighted by Crippen LogP contribution is -2.32. The maximum atomic E-state index is 11.2. The smallest absolute Gasteiger partial charge is 0.213 e. The Hall–Kier alpha value is -1.36. The summed E-state index contributed by atoms with van der Waals surface area (Å²) in [6.45, 7) is 0.832. The molecule has 2 rings (SSSR count). The van der Waals surface area contributed by atoms with E-state index in [9.17, 15) is 8.42 Å². The Morgan fingerprint density at radius 1 is 1.56 bits per heavy atom. The molecule has 2 N–H and O–H groups in total. The molecule has 96 valence electrons. The highest BCUT2D eigenvalue weighted by Crippen LogP contribution is 2.23.